The summed E-state index contributed by atoms with van der Waals surface area (Å²) >= 11 is 0. The average molecular weight is 411 g/mol. The maximum Gasteiger partial charge on any atom is 0.314 e. The van der Waals surface area contributed by atoms with E-state index in [1.807, 2.05) is 21.1 Å². The van der Waals surface area contributed by atoms with Gasteiger partial charge < -0.3 is 9.87 Å². The smallest absolute Gasteiger partial charge is 0.314 e. The molecule has 0 saturated carbocycles. The molecular formula is C18H38N2O6S. The van der Waals surface area contributed by atoms with Gasteiger partial charge in [0.1, 0.15) is 0 Å². The lowest BCUT2D eigenvalue weighted by atomic mass is 10.1. The number of carbonyl (C=O) groups is 2. The highest BCUT2D eigenvalue weighted by Gasteiger charge is 2.19. The number of quaternary nitrogens is 1. The zero-order valence-electron chi connectivity index (χ0n) is 17.3. The fourth-order valence-electron chi connectivity index (χ4n) is 2.33. The number of unbranched alkanes of at least 4 members (excludes halogenated alkanes) is 8. The molecule has 0 fully saturated rings. The summed E-state index contributed by atoms with van der Waals surface area (Å²) < 4.78 is 33.1. The van der Waals surface area contributed by atoms with Gasteiger partial charge in [-0.3, -0.25) is 13.8 Å². The van der Waals surface area contributed by atoms with Crippen LogP contribution in [0.2, 0.25) is 0 Å². The van der Waals surface area contributed by atoms with Gasteiger partial charge in [0.15, 0.2) is 0 Å². The normalized spacial score (nSPS) is 11.5. The molecule has 0 bridgehead atoms. The van der Waals surface area contributed by atoms with Gasteiger partial charge in [0.2, 0.25) is 16.3 Å². The molecule has 0 aliphatic carbocycles. The molecule has 9 heteroatoms. The first-order valence-electron chi connectivity index (χ1n) is 9.67. The molecule has 0 aromatic carbocycles. The van der Waals surface area contributed by atoms with Crippen LogP contribution in [-0.4, -0.2) is 61.5 Å². The predicted molar refractivity (Wildman–Crippen MR) is 105 cm³/mol. The molecule has 0 aliphatic rings. The molecule has 0 aromatic rings. The van der Waals surface area contributed by atoms with Crippen LogP contribution < -0.4 is 5.32 Å². The van der Waals surface area contributed by atoms with Crippen molar-refractivity contribution in [3.63, 3.8) is 0 Å². The SMILES string of the molecule is CCCCCCCCCCCC(=O)NCCC(=O)[N+](C)(C)C.O=S(=O)([O-])O. The minimum atomic E-state index is -4.92. The first kappa shape index (κ1) is 28.2. The predicted octanol–water partition coefficient (Wildman–Crippen LogP) is 2.65. The Balaban J connectivity index is 0. The van der Waals surface area contributed by atoms with Gasteiger partial charge >= 0.3 is 5.91 Å². The summed E-state index contributed by atoms with van der Waals surface area (Å²) in [6, 6.07) is 0. The second kappa shape index (κ2) is 16.0. The molecule has 2 amide bonds. The zero-order chi connectivity index (χ0) is 21.3. The van der Waals surface area contributed by atoms with Gasteiger partial charge in [-0.1, -0.05) is 58.3 Å². The Hall–Kier alpha value is -1.03. The van der Waals surface area contributed by atoms with Crippen LogP contribution in [0.25, 0.3) is 0 Å². The summed E-state index contributed by atoms with van der Waals surface area (Å²) in [5.41, 5.74) is 0. The second-order valence-electron chi connectivity index (χ2n) is 7.51. The number of hydrogen-bond donors (Lipinski definition) is 2. The maximum atomic E-state index is 11.7. The highest BCUT2D eigenvalue weighted by Crippen LogP contribution is 2.10. The third-order valence-corrected chi connectivity index (χ3v) is 3.92. The van der Waals surface area contributed by atoms with Crippen molar-refractivity contribution in [1.82, 2.24) is 5.32 Å². The highest BCUT2D eigenvalue weighted by molar-refractivity contribution is 7.79. The van der Waals surface area contributed by atoms with Crippen LogP contribution in [0.1, 0.15) is 77.6 Å². The topological polar surface area (TPSA) is 124 Å². The van der Waals surface area contributed by atoms with E-state index in [9.17, 15) is 9.59 Å². The van der Waals surface area contributed by atoms with Gasteiger partial charge in [0, 0.05) is 13.0 Å². The first-order valence-corrected chi connectivity index (χ1v) is 11.0. The van der Waals surface area contributed by atoms with Crippen molar-refractivity contribution in [2.75, 3.05) is 27.7 Å². The Bertz CT molecular complexity index is 492. The van der Waals surface area contributed by atoms with E-state index in [2.05, 4.69) is 12.2 Å². The summed E-state index contributed by atoms with van der Waals surface area (Å²) in [5, 5.41) is 2.84. The molecule has 0 aliphatic heterocycles. The summed E-state index contributed by atoms with van der Waals surface area (Å²) in [4.78, 5) is 23.3. The Morgan fingerprint density at radius 2 is 1.30 bits per heavy atom. The number of carbonyl (C=O) groups excluding carboxylic acids is 2. The van der Waals surface area contributed by atoms with Crippen LogP contribution in [0.15, 0.2) is 0 Å². The molecule has 0 saturated heterocycles. The van der Waals surface area contributed by atoms with Crippen molar-refractivity contribution in [3.05, 3.63) is 0 Å². The summed E-state index contributed by atoms with van der Waals surface area (Å²) in [6.07, 6.45) is 12.3. The summed E-state index contributed by atoms with van der Waals surface area (Å²) in [5.74, 6) is 0.223. The molecule has 0 heterocycles. The van der Waals surface area contributed by atoms with Crippen molar-refractivity contribution in [2.45, 2.75) is 77.6 Å². The van der Waals surface area contributed by atoms with E-state index in [-0.39, 0.29) is 11.8 Å². The van der Waals surface area contributed by atoms with Gasteiger partial charge in [0.05, 0.1) is 27.6 Å². The van der Waals surface area contributed by atoms with Crippen molar-refractivity contribution >= 4 is 22.2 Å². The van der Waals surface area contributed by atoms with Crippen LogP contribution in [0.5, 0.6) is 0 Å². The monoisotopic (exact) mass is 410 g/mol. The number of amides is 2. The molecule has 0 rings (SSSR count). The molecule has 2 N–H and O–H groups in total. The van der Waals surface area contributed by atoms with E-state index in [0.29, 0.717) is 23.9 Å². The van der Waals surface area contributed by atoms with Crippen molar-refractivity contribution < 1.29 is 31.6 Å². The van der Waals surface area contributed by atoms with Gasteiger partial charge in [-0.15, -0.1) is 0 Å². The quantitative estimate of drug-likeness (QED) is 0.208. The van der Waals surface area contributed by atoms with Crippen molar-refractivity contribution in [1.29, 1.82) is 0 Å². The van der Waals surface area contributed by atoms with Gasteiger partial charge in [-0.2, -0.15) is 0 Å². The molecule has 8 nitrogen and oxygen atoms in total. The van der Waals surface area contributed by atoms with E-state index < -0.39 is 10.4 Å². The fraction of sp³-hybridized carbons (Fsp3) is 0.889. The Morgan fingerprint density at radius 3 is 1.70 bits per heavy atom. The molecule has 0 aromatic heterocycles. The number of hydrogen-bond acceptors (Lipinski definition) is 5. The Labute approximate surface area is 164 Å². The van der Waals surface area contributed by atoms with Gasteiger partial charge in [-0.25, -0.2) is 13.2 Å². The number of rotatable bonds is 13. The number of nitrogens with zero attached hydrogens (tertiary/aromatic N) is 1. The minimum absolute atomic E-state index is 0.0807. The second-order valence-corrected chi connectivity index (χ2v) is 8.37. The Morgan fingerprint density at radius 1 is 0.889 bits per heavy atom. The van der Waals surface area contributed by atoms with E-state index in [1.54, 1.807) is 0 Å². The van der Waals surface area contributed by atoms with Crippen LogP contribution in [0.4, 0.5) is 0 Å². The van der Waals surface area contributed by atoms with E-state index in [0.717, 1.165) is 12.8 Å². The molecule has 0 spiro atoms. The lowest BCUT2D eigenvalue weighted by Gasteiger charge is -2.20. The van der Waals surface area contributed by atoms with Crippen molar-refractivity contribution in [3.8, 4) is 0 Å². The fourth-order valence-corrected chi connectivity index (χ4v) is 2.33. The molecule has 0 atom stereocenters. The lowest BCUT2D eigenvalue weighted by Crippen LogP contribution is -2.42. The van der Waals surface area contributed by atoms with Crippen LogP contribution >= 0.6 is 0 Å². The maximum absolute atomic E-state index is 11.7. The van der Waals surface area contributed by atoms with E-state index in [1.165, 1.54) is 44.9 Å². The van der Waals surface area contributed by atoms with Crippen LogP contribution in [0, 0.1) is 0 Å². The van der Waals surface area contributed by atoms with Gasteiger partial charge in [-0.05, 0) is 6.42 Å². The molecule has 27 heavy (non-hydrogen) atoms. The third-order valence-electron chi connectivity index (χ3n) is 3.92. The third kappa shape index (κ3) is 27.3. The van der Waals surface area contributed by atoms with Crippen molar-refractivity contribution in [2.24, 2.45) is 0 Å². The average Bonchev–Trinajstić information content (AvgIpc) is 2.50. The summed E-state index contributed by atoms with van der Waals surface area (Å²) in [7, 11) is 0.644. The van der Waals surface area contributed by atoms with Gasteiger partial charge in [0.25, 0.3) is 0 Å². The zero-order valence-corrected chi connectivity index (χ0v) is 18.1. The number of nitrogens with one attached hydrogen (secondary N) is 1. The van der Waals surface area contributed by atoms with Crippen LogP contribution in [0.3, 0.4) is 0 Å². The summed E-state index contributed by atoms with van der Waals surface area (Å²) in [6.45, 7) is 2.70. The Kier molecular flexibility index (Phi) is 16.7. The largest absolute Gasteiger partial charge is 0.726 e. The molecule has 0 radical (unpaired) electrons. The first-order chi connectivity index (χ1) is 12.4. The van der Waals surface area contributed by atoms with E-state index in [4.69, 9.17) is 17.5 Å². The van der Waals surface area contributed by atoms with Crippen LogP contribution in [-0.2, 0) is 20.0 Å². The minimum Gasteiger partial charge on any atom is -0.726 e. The lowest BCUT2D eigenvalue weighted by molar-refractivity contribution is -0.792. The highest BCUT2D eigenvalue weighted by atomic mass is 32.3. The molecular weight excluding hydrogens is 372 g/mol. The van der Waals surface area contributed by atoms with E-state index >= 15 is 0 Å². The molecule has 0 unspecified atom stereocenters. The standard InChI is InChI=1S/C18H36N2O2.H2O4S/c1-5-6-7-8-9-10-11-12-13-14-17(21)19-16-15-18(22)20(2,3)4;1-5(2,3)4/h5-16H2,1-4H3;(H2,1,2,3,4). The molecule has 162 valence electrons.